The van der Waals surface area contributed by atoms with Gasteiger partial charge in [0.15, 0.2) is 5.82 Å². The first-order chi connectivity index (χ1) is 9.59. The van der Waals surface area contributed by atoms with Crippen molar-refractivity contribution in [2.24, 2.45) is 0 Å². The summed E-state index contributed by atoms with van der Waals surface area (Å²) in [5, 5.41) is 10.0. The van der Waals surface area contributed by atoms with E-state index in [4.69, 9.17) is 0 Å². The summed E-state index contributed by atoms with van der Waals surface area (Å²) in [6, 6.07) is 12.0. The summed E-state index contributed by atoms with van der Waals surface area (Å²) >= 11 is 0. The molecule has 3 rings (SSSR count). The molecule has 3 nitrogen and oxygen atoms in total. The highest BCUT2D eigenvalue weighted by molar-refractivity contribution is 5.82. The first-order valence-corrected chi connectivity index (χ1v) is 6.54. The van der Waals surface area contributed by atoms with Gasteiger partial charge in [0, 0.05) is 6.04 Å². The highest BCUT2D eigenvalue weighted by atomic mass is 19.1. The molecule has 0 aliphatic heterocycles. The first kappa shape index (κ1) is 12.7. The monoisotopic (exact) mass is 270 g/mol. The summed E-state index contributed by atoms with van der Waals surface area (Å²) in [7, 11) is 0. The van der Waals surface area contributed by atoms with Crippen molar-refractivity contribution < 1.29 is 9.50 Å². The van der Waals surface area contributed by atoms with Crippen LogP contribution < -0.4 is 0 Å². The molecule has 4 heteroatoms. The lowest BCUT2D eigenvalue weighted by Crippen LogP contribution is -2.03. The van der Waals surface area contributed by atoms with Crippen LogP contribution in [0.15, 0.2) is 42.5 Å². The van der Waals surface area contributed by atoms with E-state index in [0.717, 1.165) is 5.52 Å². The van der Waals surface area contributed by atoms with Gasteiger partial charge in [-0.25, -0.2) is 9.37 Å². The van der Waals surface area contributed by atoms with Gasteiger partial charge >= 0.3 is 0 Å². The van der Waals surface area contributed by atoms with Gasteiger partial charge in [-0.2, -0.15) is 0 Å². The summed E-state index contributed by atoms with van der Waals surface area (Å²) in [5.41, 5.74) is 1.68. The van der Waals surface area contributed by atoms with Crippen molar-refractivity contribution in [3.63, 3.8) is 0 Å². The Morgan fingerprint density at radius 1 is 1.10 bits per heavy atom. The smallest absolute Gasteiger partial charge is 0.151 e. The number of para-hydroxylation sites is 2. The Bertz CT molecular complexity index is 777. The van der Waals surface area contributed by atoms with Crippen LogP contribution >= 0.6 is 0 Å². The third kappa shape index (κ3) is 1.84. The SMILES string of the molecule is CC(C)n1c(-c2ccccc2O)nc2c(F)cccc21. The fourth-order valence-corrected chi connectivity index (χ4v) is 2.46. The van der Waals surface area contributed by atoms with Gasteiger partial charge in [-0.1, -0.05) is 18.2 Å². The molecule has 0 saturated carbocycles. The molecule has 0 unspecified atom stereocenters. The lowest BCUT2D eigenvalue weighted by molar-refractivity contribution is 0.476. The minimum Gasteiger partial charge on any atom is -0.507 e. The Morgan fingerprint density at radius 3 is 2.55 bits per heavy atom. The largest absolute Gasteiger partial charge is 0.507 e. The maximum atomic E-state index is 13.9. The molecule has 0 bridgehead atoms. The van der Waals surface area contributed by atoms with E-state index < -0.39 is 0 Å². The van der Waals surface area contributed by atoms with E-state index in [2.05, 4.69) is 4.98 Å². The molecule has 0 atom stereocenters. The van der Waals surface area contributed by atoms with Gasteiger partial charge in [-0.05, 0) is 38.1 Å². The Balaban J connectivity index is 2.39. The van der Waals surface area contributed by atoms with Gasteiger partial charge in [-0.15, -0.1) is 0 Å². The summed E-state index contributed by atoms with van der Waals surface area (Å²) in [4.78, 5) is 4.39. The number of halogens is 1. The van der Waals surface area contributed by atoms with E-state index in [1.807, 2.05) is 30.5 Å². The van der Waals surface area contributed by atoms with Crippen molar-refractivity contribution in [1.29, 1.82) is 0 Å². The minimum absolute atomic E-state index is 0.108. The fraction of sp³-hybridized carbons (Fsp3) is 0.188. The summed E-state index contributed by atoms with van der Waals surface area (Å²) in [5.74, 6) is 0.377. The highest BCUT2D eigenvalue weighted by Gasteiger charge is 2.18. The van der Waals surface area contributed by atoms with E-state index in [-0.39, 0.29) is 17.6 Å². The van der Waals surface area contributed by atoms with Crippen LogP contribution in [0.25, 0.3) is 22.4 Å². The molecular weight excluding hydrogens is 255 g/mol. The van der Waals surface area contributed by atoms with Gasteiger partial charge in [0.1, 0.15) is 17.1 Å². The molecule has 0 saturated heterocycles. The third-order valence-corrected chi connectivity index (χ3v) is 3.33. The Kier molecular flexibility index (Phi) is 2.93. The predicted octanol–water partition coefficient (Wildman–Crippen LogP) is 4.13. The number of benzene rings is 2. The maximum Gasteiger partial charge on any atom is 0.151 e. The Morgan fingerprint density at radius 2 is 1.85 bits per heavy atom. The van der Waals surface area contributed by atoms with Crippen molar-refractivity contribution in [3.8, 4) is 17.1 Å². The molecule has 1 aromatic heterocycles. The molecular formula is C16H15FN2O. The molecule has 0 aliphatic carbocycles. The van der Waals surface area contributed by atoms with Gasteiger partial charge < -0.3 is 9.67 Å². The van der Waals surface area contributed by atoms with Crippen molar-refractivity contribution in [2.75, 3.05) is 0 Å². The van der Waals surface area contributed by atoms with Gasteiger partial charge in [0.2, 0.25) is 0 Å². The minimum atomic E-state index is -0.349. The van der Waals surface area contributed by atoms with Gasteiger partial charge in [0.25, 0.3) is 0 Å². The van der Waals surface area contributed by atoms with Crippen LogP contribution in [0, 0.1) is 5.82 Å². The van der Waals surface area contributed by atoms with Crippen LogP contribution in [0.4, 0.5) is 4.39 Å². The maximum absolute atomic E-state index is 13.9. The van der Waals surface area contributed by atoms with Crippen LogP contribution in [0.5, 0.6) is 5.75 Å². The normalized spacial score (nSPS) is 11.4. The predicted molar refractivity (Wildman–Crippen MR) is 77.2 cm³/mol. The van der Waals surface area contributed by atoms with Crippen LogP contribution in [-0.2, 0) is 0 Å². The zero-order chi connectivity index (χ0) is 14.3. The van der Waals surface area contributed by atoms with E-state index in [9.17, 15) is 9.50 Å². The van der Waals surface area contributed by atoms with Crippen molar-refractivity contribution in [3.05, 3.63) is 48.3 Å². The van der Waals surface area contributed by atoms with E-state index in [0.29, 0.717) is 16.9 Å². The van der Waals surface area contributed by atoms with Crippen LogP contribution in [-0.4, -0.2) is 14.7 Å². The average molecular weight is 270 g/mol. The lowest BCUT2D eigenvalue weighted by Gasteiger charge is -2.13. The molecule has 3 aromatic rings. The topological polar surface area (TPSA) is 38.0 Å². The molecule has 0 spiro atoms. The third-order valence-electron chi connectivity index (χ3n) is 3.33. The van der Waals surface area contributed by atoms with Crippen LogP contribution in [0.3, 0.4) is 0 Å². The number of aromatic hydroxyl groups is 1. The molecule has 0 amide bonds. The van der Waals surface area contributed by atoms with Crippen molar-refractivity contribution in [1.82, 2.24) is 9.55 Å². The highest BCUT2D eigenvalue weighted by Crippen LogP contribution is 2.33. The molecule has 0 aliphatic rings. The Hall–Kier alpha value is -2.36. The number of fused-ring (bicyclic) bond motifs is 1. The summed E-state index contributed by atoms with van der Waals surface area (Å²) < 4.78 is 15.9. The van der Waals surface area contributed by atoms with Crippen LogP contribution in [0.2, 0.25) is 0 Å². The first-order valence-electron chi connectivity index (χ1n) is 6.54. The van der Waals surface area contributed by atoms with E-state index in [1.165, 1.54) is 6.07 Å². The quantitative estimate of drug-likeness (QED) is 0.760. The number of nitrogens with zero attached hydrogens (tertiary/aromatic N) is 2. The van der Waals surface area contributed by atoms with Gasteiger partial charge in [-0.3, -0.25) is 0 Å². The number of rotatable bonds is 2. The summed E-state index contributed by atoms with van der Waals surface area (Å²) in [6.07, 6.45) is 0. The standard InChI is InChI=1S/C16H15FN2O/c1-10(2)19-13-8-5-7-12(17)15(13)18-16(19)11-6-3-4-9-14(11)20/h3-10,20H,1-2H3. The molecule has 1 heterocycles. The number of hydrogen-bond donors (Lipinski definition) is 1. The number of aromatic nitrogens is 2. The molecule has 0 fully saturated rings. The van der Waals surface area contributed by atoms with E-state index >= 15 is 0 Å². The Labute approximate surface area is 116 Å². The lowest BCUT2D eigenvalue weighted by atomic mass is 10.2. The number of phenols is 1. The van der Waals surface area contributed by atoms with E-state index in [1.54, 1.807) is 24.3 Å². The summed E-state index contributed by atoms with van der Waals surface area (Å²) in [6.45, 7) is 4.02. The van der Waals surface area contributed by atoms with Crippen molar-refractivity contribution >= 4 is 11.0 Å². The van der Waals surface area contributed by atoms with Gasteiger partial charge in [0.05, 0.1) is 11.1 Å². The number of imidazole rings is 1. The molecule has 102 valence electrons. The molecule has 20 heavy (non-hydrogen) atoms. The number of hydrogen-bond acceptors (Lipinski definition) is 2. The number of phenolic OH excluding ortho intramolecular Hbond substituents is 1. The average Bonchev–Trinajstić information content (AvgIpc) is 2.80. The second-order valence-corrected chi connectivity index (χ2v) is 5.02. The zero-order valence-electron chi connectivity index (χ0n) is 11.3. The van der Waals surface area contributed by atoms with Crippen LogP contribution in [0.1, 0.15) is 19.9 Å². The molecule has 1 N–H and O–H groups in total. The molecule has 2 aromatic carbocycles. The van der Waals surface area contributed by atoms with Crippen molar-refractivity contribution in [2.45, 2.75) is 19.9 Å². The fourth-order valence-electron chi connectivity index (χ4n) is 2.46. The molecule has 0 radical (unpaired) electrons. The zero-order valence-corrected chi connectivity index (χ0v) is 11.3. The second kappa shape index (κ2) is 4.63. The second-order valence-electron chi connectivity index (χ2n) is 5.02.